The van der Waals surface area contributed by atoms with Gasteiger partial charge < -0.3 is 14.7 Å². The Morgan fingerprint density at radius 3 is 2.67 bits per heavy atom. The summed E-state index contributed by atoms with van der Waals surface area (Å²) in [4.78, 5) is 19.6. The Bertz CT molecular complexity index is 972. The molecule has 1 fully saturated rings. The van der Waals surface area contributed by atoms with Crippen molar-refractivity contribution in [2.45, 2.75) is 25.7 Å². The normalized spacial score (nSPS) is 14.1. The minimum Gasteiger partial charge on any atom is -0.351 e. The molecule has 0 aliphatic heterocycles. The number of carbonyl (C=O) groups is 1. The summed E-state index contributed by atoms with van der Waals surface area (Å²) in [6.07, 6.45) is 2.22. The zero-order valence-electron chi connectivity index (χ0n) is 16.0. The van der Waals surface area contributed by atoms with Crippen LogP contribution in [0.25, 0.3) is 22.4 Å². The van der Waals surface area contributed by atoms with Crippen molar-refractivity contribution in [2.75, 3.05) is 27.2 Å². The quantitative estimate of drug-likeness (QED) is 0.726. The number of hydrogen-bond acceptors (Lipinski definition) is 5. The molecule has 1 aromatic carbocycles. The summed E-state index contributed by atoms with van der Waals surface area (Å²) in [5.41, 5.74) is 4.71. The highest BCUT2D eigenvalue weighted by Crippen LogP contribution is 2.41. The van der Waals surface area contributed by atoms with Crippen LogP contribution in [-0.4, -0.2) is 48.1 Å². The fourth-order valence-corrected chi connectivity index (χ4v) is 3.13. The van der Waals surface area contributed by atoms with Gasteiger partial charge in [0.15, 0.2) is 0 Å². The second kappa shape index (κ2) is 7.12. The minimum atomic E-state index is -0.109. The molecule has 1 amide bonds. The molecule has 140 valence electrons. The lowest BCUT2D eigenvalue weighted by molar-refractivity contribution is 0.0952. The maximum absolute atomic E-state index is 12.9. The summed E-state index contributed by atoms with van der Waals surface area (Å²) in [7, 11) is 3.97. The topological polar surface area (TPSA) is 71.3 Å². The molecular weight excluding hydrogens is 340 g/mol. The highest BCUT2D eigenvalue weighted by Gasteiger charge is 2.29. The van der Waals surface area contributed by atoms with E-state index >= 15 is 0 Å². The van der Waals surface area contributed by atoms with E-state index in [1.54, 1.807) is 0 Å². The standard InChI is InChI=1S/C21H24N4O2/c1-13-4-6-15(7-5-13)19-18-16(20(26)22-10-11-25(2)3)12-17(14-8-9-14)23-21(18)27-24-19/h4-7,12,14H,8-11H2,1-3H3,(H,22,26). The first-order valence-electron chi connectivity index (χ1n) is 9.33. The van der Waals surface area contributed by atoms with Crippen LogP contribution in [0.4, 0.5) is 0 Å². The summed E-state index contributed by atoms with van der Waals surface area (Å²) in [5, 5.41) is 7.94. The Morgan fingerprint density at radius 1 is 1.26 bits per heavy atom. The lowest BCUT2D eigenvalue weighted by Crippen LogP contribution is -2.31. The summed E-state index contributed by atoms with van der Waals surface area (Å²) in [6.45, 7) is 3.40. The molecule has 0 bridgehead atoms. The number of aryl methyl sites for hydroxylation is 1. The molecule has 2 heterocycles. The SMILES string of the molecule is Cc1ccc(-c2noc3nc(C4CC4)cc(C(=O)NCCN(C)C)c23)cc1. The molecule has 1 N–H and O–H groups in total. The van der Waals surface area contributed by atoms with Gasteiger partial charge in [-0.15, -0.1) is 0 Å². The number of fused-ring (bicyclic) bond motifs is 1. The number of aromatic nitrogens is 2. The van der Waals surface area contributed by atoms with Gasteiger partial charge in [-0.25, -0.2) is 4.98 Å². The maximum Gasteiger partial charge on any atom is 0.259 e. The number of likely N-dealkylation sites (N-methyl/N-ethyl adjacent to an activating group) is 1. The first kappa shape index (κ1) is 17.7. The average molecular weight is 364 g/mol. The van der Waals surface area contributed by atoms with Gasteiger partial charge in [0.05, 0.1) is 10.9 Å². The maximum atomic E-state index is 12.9. The summed E-state index contributed by atoms with van der Waals surface area (Å²) < 4.78 is 5.54. The lowest BCUT2D eigenvalue weighted by Gasteiger charge is -2.11. The fourth-order valence-electron chi connectivity index (χ4n) is 3.13. The number of rotatable bonds is 6. The molecule has 1 aliphatic carbocycles. The molecule has 0 spiro atoms. The van der Waals surface area contributed by atoms with E-state index in [1.165, 1.54) is 5.56 Å². The fraction of sp³-hybridized carbons (Fsp3) is 0.381. The van der Waals surface area contributed by atoms with Gasteiger partial charge in [0.1, 0.15) is 5.69 Å². The van der Waals surface area contributed by atoms with Crippen molar-refractivity contribution < 1.29 is 9.32 Å². The molecule has 1 saturated carbocycles. The van der Waals surface area contributed by atoms with E-state index in [0.29, 0.717) is 34.8 Å². The van der Waals surface area contributed by atoms with Crippen molar-refractivity contribution in [1.29, 1.82) is 0 Å². The third kappa shape index (κ3) is 3.71. The van der Waals surface area contributed by atoms with E-state index in [4.69, 9.17) is 4.52 Å². The van der Waals surface area contributed by atoms with Crippen molar-refractivity contribution in [3.8, 4) is 11.3 Å². The monoisotopic (exact) mass is 364 g/mol. The van der Waals surface area contributed by atoms with Gasteiger partial charge in [0.25, 0.3) is 11.6 Å². The molecule has 0 saturated heterocycles. The van der Waals surface area contributed by atoms with Crippen molar-refractivity contribution in [2.24, 2.45) is 0 Å². The van der Waals surface area contributed by atoms with Gasteiger partial charge in [0.2, 0.25) is 0 Å². The average Bonchev–Trinajstić information content (AvgIpc) is 3.41. The molecule has 4 rings (SSSR count). The van der Waals surface area contributed by atoms with Gasteiger partial charge in [-0.1, -0.05) is 35.0 Å². The number of hydrogen-bond donors (Lipinski definition) is 1. The molecule has 6 heteroatoms. The Balaban J connectivity index is 1.77. The Hall–Kier alpha value is -2.73. The van der Waals surface area contributed by atoms with Crippen LogP contribution in [0.5, 0.6) is 0 Å². The largest absolute Gasteiger partial charge is 0.351 e. The smallest absolute Gasteiger partial charge is 0.259 e. The number of amides is 1. The van der Waals surface area contributed by atoms with Gasteiger partial charge in [-0.05, 0) is 39.9 Å². The van der Waals surface area contributed by atoms with E-state index < -0.39 is 0 Å². The van der Waals surface area contributed by atoms with Crippen LogP contribution in [0.1, 0.15) is 40.4 Å². The van der Waals surface area contributed by atoms with Crippen LogP contribution in [0.3, 0.4) is 0 Å². The Morgan fingerprint density at radius 2 is 2.00 bits per heavy atom. The molecule has 0 atom stereocenters. The van der Waals surface area contributed by atoms with Crippen molar-refractivity contribution >= 4 is 17.0 Å². The molecule has 0 radical (unpaired) electrons. The molecular formula is C21H24N4O2. The van der Waals surface area contributed by atoms with Gasteiger partial charge in [-0.3, -0.25) is 4.79 Å². The van der Waals surface area contributed by atoms with Crippen LogP contribution in [0.2, 0.25) is 0 Å². The summed E-state index contributed by atoms with van der Waals surface area (Å²) in [6, 6.07) is 9.96. The van der Waals surface area contributed by atoms with Crippen molar-refractivity contribution in [3.63, 3.8) is 0 Å². The molecule has 0 unspecified atom stereocenters. The zero-order valence-corrected chi connectivity index (χ0v) is 16.0. The second-order valence-corrected chi connectivity index (χ2v) is 7.51. The Kier molecular flexibility index (Phi) is 4.66. The van der Waals surface area contributed by atoms with E-state index in [-0.39, 0.29) is 5.91 Å². The predicted octanol–water partition coefficient (Wildman–Crippen LogP) is 3.37. The van der Waals surface area contributed by atoms with Crippen LogP contribution < -0.4 is 5.32 Å². The van der Waals surface area contributed by atoms with Crippen LogP contribution in [-0.2, 0) is 0 Å². The van der Waals surface area contributed by atoms with Crippen LogP contribution in [0.15, 0.2) is 34.9 Å². The number of nitrogens with one attached hydrogen (secondary N) is 1. The second-order valence-electron chi connectivity index (χ2n) is 7.51. The number of nitrogens with zero attached hydrogens (tertiary/aromatic N) is 3. The molecule has 27 heavy (non-hydrogen) atoms. The molecule has 2 aromatic heterocycles. The number of benzene rings is 1. The van der Waals surface area contributed by atoms with Crippen LogP contribution in [0, 0.1) is 6.92 Å². The minimum absolute atomic E-state index is 0.109. The van der Waals surface area contributed by atoms with E-state index in [9.17, 15) is 4.79 Å². The number of carbonyl (C=O) groups excluding carboxylic acids is 1. The molecule has 1 aliphatic rings. The summed E-state index contributed by atoms with van der Waals surface area (Å²) >= 11 is 0. The number of pyridine rings is 1. The van der Waals surface area contributed by atoms with Crippen molar-refractivity contribution in [1.82, 2.24) is 20.4 Å². The lowest BCUT2D eigenvalue weighted by atomic mass is 10.0. The third-order valence-electron chi connectivity index (χ3n) is 4.88. The third-order valence-corrected chi connectivity index (χ3v) is 4.88. The van der Waals surface area contributed by atoms with E-state index in [0.717, 1.165) is 30.6 Å². The highest BCUT2D eigenvalue weighted by atomic mass is 16.5. The predicted molar refractivity (Wildman–Crippen MR) is 105 cm³/mol. The zero-order chi connectivity index (χ0) is 19.0. The molecule has 3 aromatic rings. The van der Waals surface area contributed by atoms with Gasteiger partial charge in [0, 0.05) is 30.3 Å². The van der Waals surface area contributed by atoms with E-state index in [1.807, 2.05) is 56.3 Å². The van der Waals surface area contributed by atoms with E-state index in [2.05, 4.69) is 15.5 Å². The first-order chi connectivity index (χ1) is 13.0. The van der Waals surface area contributed by atoms with Crippen LogP contribution >= 0.6 is 0 Å². The Labute approximate surface area is 158 Å². The van der Waals surface area contributed by atoms with Gasteiger partial charge >= 0.3 is 0 Å². The summed E-state index contributed by atoms with van der Waals surface area (Å²) in [5.74, 6) is 0.318. The first-order valence-corrected chi connectivity index (χ1v) is 9.33. The highest BCUT2D eigenvalue weighted by molar-refractivity contribution is 6.09. The molecule has 6 nitrogen and oxygen atoms in total. The van der Waals surface area contributed by atoms with Crippen molar-refractivity contribution in [3.05, 3.63) is 47.2 Å². The van der Waals surface area contributed by atoms with Gasteiger partial charge in [-0.2, -0.15) is 0 Å².